The molecule has 14 nitrogen and oxygen atoms in total. The molecule has 0 aromatic heterocycles. The van der Waals surface area contributed by atoms with Gasteiger partial charge in [0, 0.05) is 53.7 Å². The number of nitrogens with zero attached hydrogens (tertiary/aromatic N) is 1. The van der Waals surface area contributed by atoms with Crippen molar-refractivity contribution in [2.24, 2.45) is 23.7 Å². The quantitative estimate of drug-likeness (QED) is 0.0156. The van der Waals surface area contributed by atoms with Crippen molar-refractivity contribution in [3.05, 3.63) is 88.2 Å². The maximum Gasteiger partial charge on any atom is 0.472 e. The molecule has 0 saturated carbocycles. The molecule has 1 aromatic carbocycles. The number of phosphoric ester groups is 1. The molecule has 76 heavy (non-hydrogen) atoms. The third-order valence-electron chi connectivity index (χ3n) is 14.5. The number of Topliss-reactive ketones (excluding diaryl/α,β-unsaturated/α-hetero) is 1. The van der Waals surface area contributed by atoms with Crippen LogP contribution in [-0.4, -0.2) is 90.3 Å². The number of benzene rings is 1. The van der Waals surface area contributed by atoms with E-state index in [9.17, 15) is 38.5 Å². The Balaban J connectivity index is 1.73. The third-order valence-corrected chi connectivity index (χ3v) is 15.6. The molecule has 0 fully saturated rings. The van der Waals surface area contributed by atoms with Crippen LogP contribution in [0.3, 0.4) is 0 Å². The van der Waals surface area contributed by atoms with Gasteiger partial charge in [-0.25, -0.2) is 4.57 Å². The van der Waals surface area contributed by atoms with Gasteiger partial charge in [0.1, 0.15) is 19.3 Å². The van der Waals surface area contributed by atoms with Gasteiger partial charge in [-0.15, -0.1) is 0 Å². The van der Waals surface area contributed by atoms with E-state index in [1.165, 1.54) is 77.6 Å². The largest absolute Gasteiger partial charge is 0.472 e. The van der Waals surface area contributed by atoms with Crippen molar-refractivity contribution in [3.8, 4) is 0 Å². The fourth-order valence-electron chi connectivity index (χ4n) is 10.1. The van der Waals surface area contributed by atoms with Crippen LogP contribution in [0.5, 0.6) is 0 Å². The Bertz CT molecular complexity index is 2240. The molecular formula is C61H97N3O11P+. The summed E-state index contributed by atoms with van der Waals surface area (Å²) in [6, 6.07) is 6.94. The maximum atomic E-state index is 14.2. The van der Waals surface area contributed by atoms with Crippen LogP contribution in [0.25, 0.3) is 0 Å². The Kier molecular flexibility index (Phi) is 29.4. The summed E-state index contributed by atoms with van der Waals surface area (Å²) in [5, 5.41) is 17.0. The zero-order chi connectivity index (χ0) is 56.4. The number of quaternary nitrogens is 1. The monoisotopic (exact) mass is 1080 g/mol. The minimum atomic E-state index is -4.41. The Morgan fingerprint density at radius 3 is 2.00 bits per heavy atom. The molecule has 0 radical (unpaired) electrons. The van der Waals surface area contributed by atoms with Crippen molar-refractivity contribution in [1.82, 2.24) is 5.32 Å². The molecule has 2 amide bonds. The number of anilines is 1. The van der Waals surface area contributed by atoms with Crippen molar-refractivity contribution < 1.29 is 56.8 Å². The van der Waals surface area contributed by atoms with Crippen molar-refractivity contribution in [3.63, 3.8) is 0 Å². The molecule has 0 saturated heterocycles. The number of ether oxygens (including phenoxy) is 1. The second-order valence-electron chi connectivity index (χ2n) is 22.9. The van der Waals surface area contributed by atoms with E-state index in [0.29, 0.717) is 35.1 Å². The van der Waals surface area contributed by atoms with Gasteiger partial charge in [0.2, 0.25) is 11.7 Å². The minimum Gasteiger partial charge on any atom is -0.457 e. The number of phosphoric acid groups is 1. The summed E-state index contributed by atoms with van der Waals surface area (Å²) in [5.41, 5.74) is 2.46. The first-order valence-corrected chi connectivity index (χ1v) is 30.0. The Hall–Kier alpha value is -4.30. The summed E-state index contributed by atoms with van der Waals surface area (Å²) in [7, 11) is 1.51. The first-order chi connectivity index (χ1) is 35.9. The highest BCUT2D eigenvalue weighted by Gasteiger charge is 2.33. The lowest BCUT2D eigenvalue weighted by molar-refractivity contribution is -0.870. The van der Waals surface area contributed by atoms with Crippen LogP contribution in [0.15, 0.2) is 82.6 Å². The normalized spacial score (nSPS) is 24.3. The number of unbranched alkanes of at least 4 members (excludes halogenated alkanes) is 14. The molecule has 15 heteroatoms. The lowest BCUT2D eigenvalue weighted by Crippen LogP contribution is -2.37. The highest BCUT2D eigenvalue weighted by atomic mass is 31.2. The molecule has 4 N–H and O–H groups in total. The summed E-state index contributed by atoms with van der Waals surface area (Å²) in [6.45, 7) is 15.3. The lowest BCUT2D eigenvalue weighted by Gasteiger charge is -2.28. The Morgan fingerprint density at radius 2 is 1.43 bits per heavy atom. The zero-order valence-corrected chi connectivity index (χ0v) is 49.2. The van der Waals surface area contributed by atoms with E-state index in [1.807, 2.05) is 67.9 Å². The van der Waals surface area contributed by atoms with Crippen molar-refractivity contribution in [1.29, 1.82) is 0 Å². The first-order valence-electron chi connectivity index (χ1n) is 28.5. The van der Waals surface area contributed by atoms with Gasteiger partial charge >= 0.3 is 13.8 Å². The van der Waals surface area contributed by atoms with Crippen LogP contribution in [0, 0.1) is 23.7 Å². The van der Waals surface area contributed by atoms with E-state index in [2.05, 4.69) is 17.6 Å². The molecule has 2 bridgehead atoms. The molecule has 3 rings (SSSR count). The van der Waals surface area contributed by atoms with Crippen molar-refractivity contribution >= 4 is 42.9 Å². The van der Waals surface area contributed by atoms with Gasteiger partial charge in [0.05, 0.1) is 39.0 Å². The van der Waals surface area contributed by atoms with Crippen LogP contribution in [0.4, 0.5) is 5.69 Å². The number of amides is 2. The molecule has 8 atom stereocenters. The van der Waals surface area contributed by atoms with Crippen LogP contribution >= 0.6 is 7.82 Å². The van der Waals surface area contributed by atoms with E-state index >= 15 is 0 Å². The Morgan fingerprint density at radius 1 is 0.855 bits per heavy atom. The summed E-state index contributed by atoms with van der Waals surface area (Å²) in [5.74, 6) is -3.38. The average Bonchev–Trinajstić information content (AvgIpc) is 3.34. The predicted molar refractivity (Wildman–Crippen MR) is 304 cm³/mol. The van der Waals surface area contributed by atoms with Crippen LogP contribution in [0.2, 0.25) is 0 Å². The fraction of sp³-hybridized carbons (Fsp3) is 0.656. The van der Waals surface area contributed by atoms with E-state index < -0.39 is 55.5 Å². The number of nitrogens with one attached hydrogen (secondary N) is 2. The topological polar surface area (TPSA) is 195 Å². The smallest absolute Gasteiger partial charge is 0.457 e. The summed E-state index contributed by atoms with van der Waals surface area (Å²) >= 11 is 0. The number of allylic oxidation sites excluding steroid dienone is 5. The molecule has 1 aliphatic heterocycles. The molecule has 1 aliphatic carbocycles. The number of ketones is 2. The number of aliphatic hydroxyl groups excluding tert-OH is 1. The Labute approximate surface area is 456 Å². The summed E-state index contributed by atoms with van der Waals surface area (Å²) in [4.78, 5) is 78.0. The molecule has 2 aliphatic rings. The number of hydrogen-bond donors (Lipinski definition) is 4. The van der Waals surface area contributed by atoms with Crippen LogP contribution < -0.4 is 10.6 Å². The standard InChI is InChI=1S/C61H96N3O11P/c1-12-13-14-15-16-17-18-19-20-21-22-23-24-25-26-30-56(75-76(71,72)73-38-37-64(9,10)11)50-31-33-51(34-32-50)62-57(67)36-35-52-53-40-43(2)39-46(5)58(68)47(6)41-48(7)60(74-49(8)65)44(3)28-27-29-45(4)61(70)63-54(59(53)69)42-55(52)66/h27-29,31-34,41-44,46-47,56,58,60,68H,12-26,30,35-40H2,1-11H3,(H2-,62,63,66,67,70,71,72)/p+1/b28-27-,45-29+,48-41+/t43-,44-,46-,47-,56?,58-,60+/m0/s1. The molecule has 426 valence electrons. The average molecular weight is 1080 g/mol. The maximum absolute atomic E-state index is 14.2. The number of rotatable bonds is 28. The van der Waals surface area contributed by atoms with E-state index in [0.717, 1.165) is 37.3 Å². The lowest BCUT2D eigenvalue weighted by atomic mass is 9.80. The number of fused-ring (bicyclic) bond motifs is 2. The number of likely N-dealkylation sites (N-methyl/N-ethyl adjacent to an activating group) is 1. The second-order valence-corrected chi connectivity index (χ2v) is 24.3. The predicted octanol–water partition coefficient (Wildman–Crippen LogP) is 13.1. The van der Waals surface area contributed by atoms with Gasteiger partial charge in [-0.1, -0.05) is 167 Å². The van der Waals surface area contributed by atoms with Crippen LogP contribution in [-0.2, 0) is 42.3 Å². The summed E-state index contributed by atoms with van der Waals surface area (Å²) < 4.78 is 30.7. The summed E-state index contributed by atoms with van der Waals surface area (Å²) in [6.07, 6.45) is 25.5. The highest BCUT2D eigenvalue weighted by Crippen LogP contribution is 2.49. The van der Waals surface area contributed by atoms with Gasteiger partial charge in [-0.2, -0.15) is 0 Å². The van der Waals surface area contributed by atoms with E-state index in [4.69, 9.17) is 13.8 Å². The molecule has 2 unspecified atom stereocenters. The highest BCUT2D eigenvalue weighted by molar-refractivity contribution is 7.47. The number of esters is 1. The zero-order valence-electron chi connectivity index (χ0n) is 48.3. The van der Waals surface area contributed by atoms with Gasteiger partial charge in [0.25, 0.3) is 5.91 Å². The first kappa shape index (κ1) is 66.0. The number of hydrogen-bond acceptors (Lipinski definition) is 10. The van der Waals surface area contributed by atoms with Gasteiger partial charge in [0.15, 0.2) is 5.78 Å². The van der Waals surface area contributed by atoms with Crippen LogP contribution in [0.1, 0.15) is 195 Å². The minimum absolute atomic E-state index is 0.0337. The van der Waals surface area contributed by atoms with Crippen molar-refractivity contribution in [2.75, 3.05) is 39.6 Å². The fourth-order valence-corrected chi connectivity index (χ4v) is 11.0. The molecule has 1 aromatic rings. The third kappa shape index (κ3) is 25.0. The van der Waals surface area contributed by atoms with Gasteiger partial charge in [-0.3, -0.25) is 33.0 Å². The van der Waals surface area contributed by atoms with Gasteiger partial charge < -0.3 is 29.9 Å². The molecule has 0 spiro atoms. The van der Waals surface area contributed by atoms with Gasteiger partial charge in [-0.05, 0) is 74.6 Å². The van der Waals surface area contributed by atoms with E-state index in [-0.39, 0.29) is 72.0 Å². The molecular weight excluding hydrogens is 982 g/mol. The number of aliphatic hydroxyl groups is 1. The van der Waals surface area contributed by atoms with Crippen molar-refractivity contribution in [2.45, 2.75) is 202 Å². The SMILES string of the molecule is CCCCCCCCCCCCCCCCCC(OP(=O)(O)OCC[N+](C)(C)C)c1ccc(NC(=O)CCC2=C3C[C@@H](C)C[C@H](C)[C@H](O)[C@@H](C)/C=C(\C)[C@H](OC(C)=O)[C@@H](C)/C=C\C=C(/C)C(=O)NC(=CC2=O)C3=O)cc1. The van der Waals surface area contributed by atoms with E-state index in [1.54, 1.807) is 43.3 Å². The number of carbonyl (C=O) groups is 5. The second kappa shape index (κ2) is 33.9. The molecule has 1 heterocycles. The number of carbonyl (C=O) groups excluding carboxylic acids is 5.